The molecule has 0 aromatic heterocycles. The van der Waals surface area contributed by atoms with Crippen molar-refractivity contribution >= 4 is 16.8 Å². The molecule has 0 heterocycles. The molecule has 0 fully saturated rings. The van der Waals surface area contributed by atoms with E-state index in [-0.39, 0.29) is 11.3 Å². The maximum absolute atomic E-state index is 13.5. The molecule has 0 saturated carbocycles. The third-order valence-corrected chi connectivity index (χ3v) is 4.33. The lowest BCUT2D eigenvalue weighted by Gasteiger charge is -2.23. The van der Waals surface area contributed by atoms with E-state index in [1.807, 2.05) is 0 Å². The monoisotopic (exact) mass is 330 g/mol. The van der Waals surface area contributed by atoms with Crippen molar-refractivity contribution < 1.29 is 36.1 Å². The van der Waals surface area contributed by atoms with E-state index in [1.165, 1.54) is 6.92 Å². The van der Waals surface area contributed by atoms with Crippen molar-refractivity contribution in [2.75, 3.05) is 5.75 Å². The number of halogens is 5. The fraction of sp³-hybridized carbons (Fsp3) is 0.417. The molecule has 0 aliphatic carbocycles. The average molecular weight is 330 g/mol. The standard InChI is InChI=1S/C12H11F5O3S/c1-3-21(20)9-6(2)7(10(18)19)4-5-8(9)11(13,14)12(15,16)17/h4-5H,3H2,1-2H3,(H,18,19)/t21-/m1/s1. The normalized spacial score (nSPS) is 14.0. The van der Waals surface area contributed by atoms with E-state index >= 15 is 0 Å². The number of hydrogen-bond acceptors (Lipinski definition) is 2. The Morgan fingerprint density at radius 1 is 1.24 bits per heavy atom. The van der Waals surface area contributed by atoms with Crippen molar-refractivity contribution in [2.45, 2.75) is 30.8 Å². The number of aromatic carboxylic acids is 1. The van der Waals surface area contributed by atoms with Gasteiger partial charge in [-0.15, -0.1) is 0 Å². The van der Waals surface area contributed by atoms with E-state index < -0.39 is 44.9 Å². The fourth-order valence-corrected chi connectivity index (χ4v) is 2.94. The second-order valence-corrected chi connectivity index (χ2v) is 5.80. The van der Waals surface area contributed by atoms with Gasteiger partial charge in [0.15, 0.2) is 0 Å². The molecule has 0 aliphatic heterocycles. The Morgan fingerprint density at radius 2 is 1.76 bits per heavy atom. The van der Waals surface area contributed by atoms with E-state index in [1.54, 1.807) is 0 Å². The van der Waals surface area contributed by atoms with Crippen molar-refractivity contribution in [3.05, 3.63) is 28.8 Å². The summed E-state index contributed by atoms with van der Waals surface area (Å²) in [6, 6.07) is 1.02. The van der Waals surface area contributed by atoms with Crippen LogP contribution in [-0.2, 0) is 16.7 Å². The first-order valence-corrected chi connectivity index (χ1v) is 6.97. The highest BCUT2D eigenvalue weighted by molar-refractivity contribution is 7.85. The summed E-state index contributed by atoms with van der Waals surface area (Å²) in [6.45, 7) is 2.39. The van der Waals surface area contributed by atoms with Crippen LogP contribution in [0.3, 0.4) is 0 Å². The first-order chi connectivity index (χ1) is 9.45. The molecule has 0 spiro atoms. The lowest BCUT2D eigenvalue weighted by atomic mass is 10.0. The molecule has 1 N–H and O–H groups in total. The molecule has 0 amide bonds. The van der Waals surface area contributed by atoms with E-state index in [9.17, 15) is 31.0 Å². The second-order valence-electron chi connectivity index (χ2n) is 4.13. The van der Waals surface area contributed by atoms with Crippen LogP contribution in [0.1, 0.15) is 28.4 Å². The Hall–Kier alpha value is -1.51. The van der Waals surface area contributed by atoms with Crippen LogP contribution in [-0.4, -0.2) is 27.2 Å². The lowest BCUT2D eigenvalue weighted by molar-refractivity contribution is -0.290. The molecule has 0 radical (unpaired) electrons. The number of rotatable bonds is 4. The van der Waals surface area contributed by atoms with Gasteiger partial charge in [0.2, 0.25) is 0 Å². The van der Waals surface area contributed by atoms with Gasteiger partial charge in [-0.3, -0.25) is 4.21 Å². The van der Waals surface area contributed by atoms with Crippen molar-refractivity contribution in [1.29, 1.82) is 0 Å². The van der Waals surface area contributed by atoms with Crippen LogP contribution >= 0.6 is 0 Å². The molecule has 118 valence electrons. The Bertz CT molecular complexity index is 595. The van der Waals surface area contributed by atoms with E-state index in [4.69, 9.17) is 5.11 Å². The predicted molar refractivity (Wildman–Crippen MR) is 65.0 cm³/mol. The molecule has 9 heteroatoms. The molecule has 3 nitrogen and oxygen atoms in total. The number of hydrogen-bond donors (Lipinski definition) is 1. The quantitative estimate of drug-likeness (QED) is 0.860. The number of benzene rings is 1. The van der Waals surface area contributed by atoms with Gasteiger partial charge in [0.25, 0.3) is 0 Å². The zero-order chi connectivity index (χ0) is 16.6. The smallest absolute Gasteiger partial charge is 0.458 e. The summed E-state index contributed by atoms with van der Waals surface area (Å²) in [5.74, 6) is -6.93. The minimum atomic E-state index is -5.86. The highest BCUT2D eigenvalue weighted by atomic mass is 32.2. The predicted octanol–water partition coefficient (Wildman–Crippen LogP) is 3.47. The molecule has 1 aromatic rings. The maximum Gasteiger partial charge on any atom is 0.458 e. The molecule has 0 saturated heterocycles. The van der Waals surface area contributed by atoms with Crippen molar-refractivity contribution in [2.24, 2.45) is 0 Å². The molecule has 0 aliphatic rings. The van der Waals surface area contributed by atoms with Gasteiger partial charge in [0.05, 0.1) is 21.3 Å². The zero-order valence-corrected chi connectivity index (χ0v) is 11.7. The topological polar surface area (TPSA) is 54.4 Å². The molecule has 1 rings (SSSR count). The van der Waals surface area contributed by atoms with Gasteiger partial charge in [-0.25, -0.2) is 4.79 Å². The summed E-state index contributed by atoms with van der Waals surface area (Å²) in [6.07, 6.45) is -5.86. The van der Waals surface area contributed by atoms with Gasteiger partial charge in [0, 0.05) is 11.3 Å². The first-order valence-electron chi connectivity index (χ1n) is 5.65. The Morgan fingerprint density at radius 3 is 2.14 bits per heavy atom. The number of carboxylic acids is 1. The van der Waals surface area contributed by atoms with Crippen LogP contribution in [0.15, 0.2) is 17.0 Å². The minimum Gasteiger partial charge on any atom is -0.478 e. The summed E-state index contributed by atoms with van der Waals surface area (Å²) in [4.78, 5) is 10.2. The number of carbonyl (C=O) groups is 1. The van der Waals surface area contributed by atoms with E-state index in [0.29, 0.717) is 12.1 Å². The summed E-state index contributed by atoms with van der Waals surface area (Å²) >= 11 is 0. The van der Waals surface area contributed by atoms with Crippen molar-refractivity contribution in [3.63, 3.8) is 0 Å². The van der Waals surface area contributed by atoms with Gasteiger partial charge >= 0.3 is 18.1 Å². The van der Waals surface area contributed by atoms with Crippen LogP contribution < -0.4 is 0 Å². The molecule has 1 atom stereocenters. The van der Waals surface area contributed by atoms with Crippen molar-refractivity contribution in [3.8, 4) is 0 Å². The Kier molecular flexibility index (Phi) is 4.76. The van der Waals surface area contributed by atoms with E-state index in [2.05, 4.69) is 0 Å². The lowest BCUT2D eigenvalue weighted by Crippen LogP contribution is -2.35. The first kappa shape index (κ1) is 17.5. The number of alkyl halides is 5. The molecular weight excluding hydrogens is 319 g/mol. The van der Waals surface area contributed by atoms with Gasteiger partial charge < -0.3 is 5.11 Å². The summed E-state index contributed by atoms with van der Waals surface area (Å²) < 4.78 is 76.3. The Labute approximate surface area is 119 Å². The molecule has 0 unspecified atom stereocenters. The minimum absolute atomic E-state index is 0.217. The van der Waals surface area contributed by atoms with Crippen LogP contribution in [0.2, 0.25) is 0 Å². The number of carboxylic acid groups (broad SMARTS) is 1. The summed E-state index contributed by atoms with van der Waals surface area (Å²) in [5.41, 5.74) is -2.30. The average Bonchev–Trinajstić information content (AvgIpc) is 2.35. The highest BCUT2D eigenvalue weighted by Crippen LogP contribution is 2.46. The molecular formula is C12H11F5O3S. The van der Waals surface area contributed by atoms with E-state index in [0.717, 1.165) is 6.92 Å². The largest absolute Gasteiger partial charge is 0.478 e. The molecule has 21 heavy (non-hydrogen) atoms. The van der Waals surface area contributed by atoms with Crippen LogP contribution in [0.5, 0.6) is 0 Å². The van der Waals surface area contributed by atoms with Gasteiger partial charge in [0.1, 0.15) is 0 Å². The molecule has 0 bridgehead atoms. The second kappa shape index (κ2) is 5.70. The van der Waals surface area contributed by atoms with Crippen LogP contribution in [0.4, 0.5) is 22.0 Å². The van der Waals surface area contributed by atoms with Gasteiger partial charge in [-0.1, -0.05) is 13.0 Å². The SMILES string of the molecule is CC[S@@](=O)c1c(C(F)(F)C(F)(F)F)ccc(C(=O)O)c1C. The van der Waals surface area contributed by atoms with Gasteiger partial charge in [-0.2, -0.15) is 22.0 Å². The fourth-order valence-electron chi connectivity index (χ4n) is 1.76. The third-order valence-electron chi connectivity index (χ3n) is 2.82. The molecule has 1 aromatic carbocycles. The Balaban J connectivity index is 3.73. The van der Waals surface area contributed by atoms with Crippen LogP contribution in [0, 0.1) is 6.92 Å². The summed E-state index contributed by atoms with van der Waals surface area (Å²) in [7, 11) is -2.16. The summed E-state index contributed by atoms with van der Waals surface area (Å²) in [5, 5.41) is 8.89. The third kappa shape index (κ3) is 3.07. The van der Waals surface area contributed by atoms with Crippen LogP contribution in [0.25, 0.3) is 0 Å². The maximum atomic E-state index is 13.5. The zero-order valence-electron chi connectivity index (χ0n) is 10.9. The van der Waals surface area contributed by atoms with Gasteiger partial charge in [-0.05, 0) is 18.6 Å². The highest BCUT2D eigenvalue weighted by Gasteiger charge is 2.60. The van der Waals surface area contributed by atoms with Crippen molar-refractivity contribution in [1.82, 2.24) is 0 Å².